The highest BCUT2D eigenvalue weighted by molar-refractivity contribution is 6.18. The molecule has 0 aliphatic rings. The maximum Gasteiger partial charge on any atom is 0.101 e. The van der Waals surface area contributed by atoms with Crippen LogP contribution < -0.4 is 0 Å². The largest absolute Gasteiger partial charge is 0.248 e. The van der Waals surface area contributed by atoms with Crippen LogP contribution in [-0.4, -0.2) is 14.8 Å². The Balaban J connectivity index is 1.37. The normalized spacial score (nSPS) is 11.3. The summed E-state index contributed by atoms with van der Waals surface area (Å²) in [5, 5.41) is 8.84. The third-order valence-corrected chi connectivity index (χ3v) is 9.21. The molecule has 2 aromatic heterocycles. The Kier molecular flexibility index (Phi) is 7.14. The summed E-state index contributed by atoms with van der Waals surface area (Å²) in [4.78, 5) is 5.17. The number of hydrogen-bond acceptors (Lipinski definition) is 2. The molecule has 49 heavy (non-hydrogen) atoms. The predicted molar refractivity (Wildman–Crippen MR) is 204 cm³/mol. The molecule has 0 atom stereocenters. The third kappa shape index (κ3) is 5.18. The molecular weight excluding hydrogens is 595 g/mol. The van der Waals surface area contributed by atoms with Gasteiger partial charge in [-0.15, -0.1) is 0 Å². The summed E-state index contributed by atoms with van der Waals surface area (Å²) in [6.07, 6.45) is 0. The van der Waals surface area contributed by atoms with Crippen molar-refractivity contribution in [3.05, 3.63) is 188 Å². The Morgan fingerprint density at radius 2 is 0.898 bits per heavy atom. The molecule has 3 nitrogen and oxygen atoms in total. The summed E-state index contributed by atoms with van der Waals surface area (Å²) in [6, 6.07) is 66.1. The van der Waals surface area contributed by atoms with E-state index in [1.807, 2.05) is 12.1 Å². The van der Waals surface area contributed by atoms with Gasteiger partial charge in [-0.3, -0.25) is 0 Å². The van der Waals surface area contributed by atoms with Gasteiger partial charge in [-0.05, 0) is 58.0 Å². The van der Waals surface area contributed by atoms with Gasteiger partial charge in [-0.2, -0.15) is 5.10 Å². The average molecular weight is 626 g/mol. The molecule has 0 amide bonds. The Labute approximate surface area is 285 Å². The van der Waals surface area contributed by atoms with Gasteiger partial charge in [0.1, 0.15) is 5.69 Å². The zero-order valence-electron chi connectivity index (χ0n) is 26.7. The van der Waals surface area contributed by atoms with Gasteiger partial charge in [0.15, 0.2) is 0 Å². The number of pyridine rings is 1. The van der Waals surface area contributed by atoms with E-state index in [1.165, 1.54) is 10.8 Å². The van der Waals surface area contributed by atoms with Crippen molar-refractivity contribution in [2.24, 2.45) is 0 Å². The molecule has 0 fully saturated rings. The smallest absolute Gasteiger partial charge is 0.101 e. The van der Waals surface area contributed by atoms with Gasteiger partial charge in [0.05, 0.1) is 22.6 Å². The maximum atomic E-state index is 5.38. The SMILES string of the molecule is c1ccc(-c2cc(-c3ccccc3-c3cc4ccccc4c4c3c(-c3ccccc3)nn4-c3ccccc3)cc(-c3ccccc3)n2)cc1. The summed E-state index contributed by atoms with van der Waals surface area (Å²) in [5.41, 5.74) is 12.8. The van der Waals surface area contributed by atoms with Crippen molar-refractivity contribution in [2.45, 2.75) is 0 Å². The summed E-state index contributed by atoms with van der Waals surface area (Å²) in [5.74, 6) is 0. The Morgan fingerprint density at radius 3 is 1.53 bits per heavy atom. The molecule has 0 saturated carbocycles. The van der Waals surface area contributed by atoms with E-state index < -0.39 is 0 Å². The van der Waals surface area contributed by atoms with E-state index in [-0.39, 0.29) is 0 Å². The second-order valence-corrected chi connectivity index (χ2v) is 12.2. The standard InChI is InChI=1S/C46H31N3/c1-5-17-32(18-6-1)42-30-36(31-43(47-42)33-19-7-2-8-20-33)38-26-15-16-28-40(38)41-29-35-23-13-14-27-39(35)46-44(41)45(34-21-9-3-10-22-34)48-49(46)37-24-11-4-12-25-37/h1-31H. The van der Waals surface area contributed by atoms with Crippen LogP contribution in [0.25, 0.3) is 83.4 Å². The van der Waals surface area contributed by atoms with Crippen molar-refractivity contribution in [2.75, 3.05) is 0 Å². The lowest BCUT2D eigenvalue weighted by Gasteiger charge is -2.16. The van der Waals surface area contributed by atoms with Crippen LogP contribution in [0.1, 0.15) is 0 Å². The summed E-state index contributed by atoms with van der Waals surface area (Å²) < 4.78 is 2.12. The van der Waals surface area contributed by atoms with Gasteiger partial charge in [0.25, 0.3) is 0 Å². The molecule has 0 spiro atoms. The predicted octanol–water partition coefficient (Wildman–Crippen LogP) is 11.9. The maximum absolute atomic E-state index is 5.38. The number of benzene rings is 7. The van der Waals surface area contributed by atoms with Crippen LogP contribution in [0.2, 0.25) is 0 Å². The molecule has 2 heterocycles. The molecule has 0 aliphatic carbocycles. The minimum atomic E-state index is 0.942. The molecule has 9 aromatic rings. The van der Waals surface area contributed by atoms with Gasteiger partial charge >= 0.3 is 0 Å². The van der Waals surface area contributed by atoms with Crippen LogP contribution in [0.15, 0.2) is 188 Å². The van der Waals surface area contributed by atoms with Gasteiger partial charge in [-0.1, -0.05) is 158 Å². The Morgan fingerprint density at radius 1 is 0.388 bits per heavy atom. The Hall–Kier alpha value is -6.58. The zero-order chi connectivity index (χ0) is 32.6. The monoisotopic (exact) mass is 625 g/mol. The van der Waals surface area contributed by atoms with Crippen molar-refractivity contribution in [3.63, 3.8) is 0 Å². The molecular formula is C46H31N3. The number of hydrogen-bond donors (Lipinski definition) is 0. The van der Waals surface area contributed by atoms with E-state index in [0.717, 1.165) is 72.6 Å². The number of rotatable bonds is 6. The van der Waals surface area contributed by atoms with Gasteiger partial charge in [0.2, 0.25) is 0 Å². The van der Waals surface area contributed by atoms with Crippen LogP contribution in [0.5, 0.6) is 0 Å². The van der Waals surface area contributed by atoms with Gasteiger partial charge in [0, 0.05) is 27.5 Å². The first-order chi connectivity index (χ1) is 24.3. The van der Waals surface area contributed by atoms with Crippen molar-refractivity contribution >= 4 is 21.7 Å². The van der Waals surface area contributed by atoms with E-state index >= 15 is 0 Å². The first-order valence-electron chi connectivity index (χ1n) is 16.6. The second-order valence-electron chi connectivity index (χ2n) is 12.2. The Bertz CT molecular complexity index is 2510. The molecule has 0 N–H and O–H groups in total. The quantitative estimate of drug-likeness (QED) is 0.184. The topological polar surface area (TPSA) is 30.7 Å². The van der Waals surface area contributed by atoms with E-state index in [4.69, 9.17) is 10.1 Å². The first kappa shape index (κ1) is 28.6. The number of aromatic nitrogens is 3. The van der Waals surface area contributed by atoms with E-state index in [1.54, 1.807) is 0 Å². The lowest BCUT2D eigenvalue weighted by molar-refractivity contribution is 0.918. The number of fused-ring (bicyclic) bond motifs is 3. The lowest BCUT2D eigenvalue weighted by Crippen LogP contribution is -1.97. The molecule has 0 aliphatic heterocycles. The van der Waals surface area contributed by atoms with Crippen LogP contribution in [-0.2, 0) is 0 Å². The fourth-order valence-corrected chi connectivity index (χ4v) is 6.92. The van der Waals surface area contributed by atoms with Crippen LogP contribution in [0.4, 0.5) is 0 Å². The summed E-state index contributed by atoms with van der Waals surface area (Å²) in [6.45, 7) is 0. The molecule has 230 valence electrons. The minimum Gasteiger partial charge on any atom is -0.248 e. The first-order valence-corrected chi connectivity index (χ1v) is 16.6. The van der Waals surface area contributed by atoms with Crippen molar-refractivity contribution in [1.82, 2.24) is 14.8 Å². The highest BCUT2D eigenvalue weighted by Gasteiger charge is 2.23. The molecule has 9 rings (SSSR count). The number of para-hydroxylation sites is 1. The fraction of sp³-hybridized carbons (Fsp3) is 0. The van der Waals surface area contributed by atoms with Crippen LogP contribution in [0, 0.1) is 0 Å². The van der Waals surface area contributed by atoms with Gasteiger partial charge in [-0.25, -0.2) is 9.67 Å². The summed E-state index contributed by atoms with van der Waals surface area (Å²) >= 11 is 0. The molecule has 0 bridgehead atoms. The zero-order valence-corrected chi connectivity index (χ0v) is 26.7. The van der Waals surface area contributed by atoms with E-state index in [9.17, 15) is 0 Å². The van der Waals surface area contributed by atoms with Crippen LogP contribution >= 0.6 is 0 Å². The lowest BCUT2D eigenvalue weighted by atomic mass is 9.88. The highest BCUT2D eigenvalue weighted by Crippen LogP contribution is 2.45. The number of nitrogens with zero attached hydrogens (tertiary/aromatic N) is 3. The summed E-state index contributed by atoms with van der Waals surface area (Å²) in [7, 11) is 0. The molecule has 0 saturated heterocycles. The minimum absolute atomic E-state index is 0.942. The molecule has 0 radical (unpaired) electrons. The van der Waals surface area contributed by atoms with Crippen molar-refractivity contribution in [3.8, 4) is 61.7 Å². The molecule has 7 aromatic carbocycles. The second kappa shape index (κ2) is 12.2. The fourth-order valence-electron chi connectivity index (χ4n) is 6.92. The van der Waals surface area contributed by atoms with E-state index in [0.29, 0.717) is 0 Å². The molecule has 3 heteroatoms. The highest BCUT2D eigenvalue weighted by atomic mass is 15.3. The average Bonchev–Trinajstić information content (AvgIpc) is 3.60. The van der Waals surface area contributed by atoms with E-state index in [2.05, 4.69) is 181 Å². The van der Waals surface area contributed by atoms with Gasteiger partial charge < -0.3 is 0 Å². The molecule has 0 unspecified atom stereocenters. The third-order valence-electron chi connectivity index (χ3n) is 9.21. The van der Waals surface area contributed by atoms with Crippen molar-refractivity contribution in [1.29, 1.82) is 0 Å². The van der Waals surface area contributed by atoms with Crippen LogP contribution in [0.3, 0.4) is 0 Å². The van der Waals surface area contributed by atoms with Crippen molar-refractivity contribution < 1.29 is 0 Å².